The molecule has 2 aliphatic carbocycles. The third-order valence-electron chi connectivity index (χ3n) is 7.78. The molecule has 2 nitrogen and oxygen atoms in total. The monoisotopic (exact) mass is 408 g/mol. The second kappa shape index (κ2) is 7.68. The van der Waals surface area contributed by atoms with Crippen molar-refractivity contribution < 1.29 is 9.53 Å². The van der Waals surface area contributed by atoms with Gasteiger partial charge in [-0.3, -0.25) is 0 Å². The van der Waals surface area contributed by atoms with E-state index in [1.54, 1.807) is 0 Å². The van der Waals surface area contributed by atoms with E-state index in [0.717, 1.165) is 13.0 Å². The van der Waals surface area contributed by atoms with E-state index >= 15 is 0 Å². The molecule has 2 aromatic rings. The van der Waals surface area contributed by atoms with Crippen LogP contribution < -0.4 is 10.4 Å². The Bertz CT molecular complexity index is 762. The number of benzene rings is 2. The summed E-state index contributed by atoms with van der Waals surface area (Å²) in [5.74, 6) is 0. The zero-order valence-corrected chi connectivity index (χ0v) is 19.3. The smallest absolute Gasteiger partial charge is 0.261 e. The zero-order chi connectivity index (χ0) is 20.6. The first kappa shape index (κ1) is 20.8. The van der Waals surface area contributed by atoms with E-state index < -0.39 is 8.32 Å². The average molecular weight is 409 g/mol. The molecule has 156 valence electrons. The normalized spacial score (nSPS) is 26.8. The molecule has 2 aliphatic rings. The van der Waals surface area contributed by atoms with Crippen LogP contribution >= 0.6 is 0 Å². The Kier molecular flexibility index (Phi) is 5.52. The topological polar surface area (TPSA) is 29.5 Å². The first-order valence-corrected chi connectivity index (χ1v) is 13.1. The Hall–Kier alpha value is -1.42. The summed E-state index contributed by atoms with van der Waals surface area (Å²) in [4.78, 5) is 0. The van der Waals surface area contributed by atoms with Crippen molar-refractivity contribution in [3.63, 3.8) is 0 Å². The van der Waals surface area contributed by atoms with Crippen molar-refractivity contribution in [1.29, 1.82) is 0 Å². The number of fused-ring (bicyclic) bond motifs is 2. The van der Waals surface area contributed by atoms with Crippen molar-refractivity contribution in [2.45, 2.75) is 64.3 Å². The molecular weight excluding hydrogens is 372 g/mol. The van der Waals surface area contributed by atoms with E-state index in [-0.39, 0.29) is 5.04 Å². The number of rotatable bonds is 7. The quantitative estimate of drug-likeness (QED) is 0.661. The molecule has 0 atom stereocenters. The van der Waals surface area contributed by atoms with Gasteiger partial charge >= 0.3 is 0 Å². The molecule has 0 amide bonds. The maximum atomic E-state index is 9.56. The predicted octanol–water partition coefficient (Wildman–Crippen LogP) is 4.90. The highest BCUT2D eigenvalue weighted by atomic mass is 28.4. The van der Waals surface area contributed by atoms with Crippen molar-refractivity contribution in [2.75, 3.05) is 13.2 Å². The lowest BCUT2D eigenvalue weighted by Crippen LogP contribution is -2.67. The van der Waals surface area contributed by atoms with E-state index in [4.69, 9.17) is 4.43 Å². The highest BCUT2D eigenvalue weighted by molar-refractivity contribution is 6.99. The average Bonchev–Trinajstić information content (AvgIpc) is 3.25. The minimum Gasteiger partial charge on any atom is -0.407 e. The molecule has 2 saturated carbocycles. The van der Waals surface area contributed by atoms with Crippen molar-refractivity contribution in [3.05, 3.63) is 60.7 Å². The van der Waals surface area contributed by atoms with Gasteiger partial charge in [0.25, 0.3) is 8.32 Å². The van der Waals surface area contributed by atoms with E-state index in [9.17, 15) is 5.11 Å². The number of hydrogen-bond donors (Lipinski definition) is 1. The SMILES string of the molecule is CC(C)(C)[Si](OCC12CCC(CCO)(CC1)C2)(c1ccccc1)c1ccccc1. The van der Waals surface area contributed by atoms with Crippen LogP contribution in [0.3, 0.4) is 0 Å². The van der Waals surface area contributed by atoms with Crippen molar-refractivity contribution in [3.8, 4) is 0 Å². The molecule has 0 aromatic heterocycles. The Morgan fingerprint density at radius 3 is 1.76 bits per heavy atom. The summed E-state index contributed by atoms with van der Waals surface area (Å²) >= 11 is 0. The predicted molar refractivity (Wildman–Crippen MR) is 123 cm³/mol. The summed E-state index contributed by atoms with van der Waals surface area (Å²) in [6.45, 7) is 8.25. The zero-order valence-electron chi connectivity index (χ0n) is 18.3. The van der Waals surface area contributed by atoms with E-state index in [2.05, 4.69) is 81.4 Å². The first-order valence-electron chi connectivity index (χ1n) is 11.2. The van der Waals surface area contributed by atoms with Gasteiger partial charge in [0.1, 0.15) is 0 Å². The lowest BCUT2D eigenvalue weighted by Gasteiger charge is -2.45. The van der Waals surface area contributed by atoms with Gasteiger partial charge < -0.3 is 9.53 Å². The van der Waals surface area contributed by atoms with Gasteiger partial charge in [0.15, 0.2) is 0 Å². The van der Waals surface area contributed by atoms with Crippen LogP contribution in [0.4, 0.5) is 0 Å². The molecule has 0 aliphatic heterocycles. The minimum absolute atomic E-state index is 0.0335. The summed E-state index contributed by atoms with van der Waals surface area (Å²) in [5, 5.41) is 12.3. The second-order valence-corrected chi connectivity index (χ2v) is 14.9. The third kappa shape index (κ3) is 3.62. The molecule has 4 rings (SSSR count). The summed E-state index contributed by atoms with van der Waals surface area (Å²) in [6, 6.07) is 22.0. The Morgan fingerprint density at radius 2 is 1.31 bits per heavy atom. The lowest BCUT2D eigenvalue weighted by atomic mass is 9.80. The fraction of sp³-hybridized carbons (Fsp3) is 0.538. The second-order valence-electron chi connectivity index (χ2n) is 10.6. The minimum atomic E-state index is -2.45. The van der Waals surface area contributed by atoms with Gasteiger partial charge in [-0.25, -0.2) is 0 Å². The molecule has 0 radical (unpaired) electrons. The Morgan fingerprint density at radius 1 is 0.828 bits per heavy atom. The largest absolute Gasteiger partial charge is 0.407 e. The molecule has 1 N–H and O–H groups in total. The van der Waals surface area contributed by atoms with Gasteiger partial charge in [0.2, 0.25) is 0 Å². The standard InChI is InChI=1S/C26H36O2Si/c1-24(2,3)29(22-10-6-4-7-11-22,23-12-8-5-9-13-23)28-21-26-16-14-25(20-26,15-17-26)18-19-27/h4-13,27H,14-21H2,1-3H3. The van der Waals surface area contributed by atoms with Crippen LogP contribution in [0, 0.1) is 10.8 Å². The van der Waals surface area contributed by atoms with E-state index in [0.29, 0.717) is 17.4 Å². The van der Waals surface area contributed by atoms with Gasteiger partial charge in [0.05, 0.1) is 0 Å². The van der Waals surface area contributed by atoms with Gasteiger partial charge in [-0.2, -0.15) is 0 Å². The van der Waals surface area contributed by atoms with Gasteiger partial charge in [-0.1, -0.05) is 81.4 Å². The fourth-order valence-electron chi connectivity index (χ4n) is 6.25. The van der Waals surface area contributed by atoms with E-state index in [1.807, 2.05) is 0 Å². The lowest BCUT2D eigenvalue weighted by molar-refractivity contribution is 0.143. The van der Waals surface area contributed by atoms with Crippen LogP contribution in [-0.4, -0.2) is 26.6 Å². The first-order chi connectivity index (χ1) is 13.8. The highest BCUT2D eigenvalue weighted by Gasteiger charge is 2.56. The van der Waals surface area contributed by atoms with Crippen molar-refractivity contribution in [2.24, 2.45) is 10.8 Å². The number of aliphatic hydroxyl groups is 1. The molecular formula is C26H36O2Si. The highest BCUT2D eigenvalue weighted by Crippen LogP contribution is 2.63. The Labute approximate surface area is 177 Å². The van der Waals surface area contributed by atoms with Crippen LogP contribution in [0.15, 0.2) is 60.7 Å². The summed E-state index contributed by atoms with van der Waals surface area (Å²) in [7, 11) is -2.45. The van der Waals surface area contributed by atoms with Gasteiger partial charge in [-0.05, 0) is 64.8 Å². The van der Waals surface area contributed by atoms with Crippen LogP contribution in [0.1, 0.15) is 59.3 Å². The number of hydrogen-bond acceptors (Lipinski definition) is 2. The molecule has 0 saturated heterocycles. The molecule has 3 heteroatoms. The van der Waals surface area contributed by atoms with Crippen LogP contribution in [0.25, 0.3) is 0 Å². The van der Waals surface area contributed by atoms with Gasteiger partial charge in [0, 0.05) is 13.2 Å². The Balaban J connectivity index is 1.71. The third-order valence-corrected chi connectivity index (χ3v) is 12.8. The summed E-state index contributed by atoms with van der Waals surface area (Å²) in [5.41, 5.74) is 0.686. The molecule has 0 unspecified atom stereocenters. The van der Waals surface area contributed by atoms with Crippen molar-refractivity contribution in [1.82, 2.24) is 0 Å². The molecule has 0 spiro atoms. The maximum Gasteiger partial charge on any atom is 0.261 e. The molecule has 2 fully saturated rings. The van der Waals surface area contributed by atoms with Crippen molar-refractivity contribution >= 4 is 18.7 Å². The molecule has 2 bridgehead atoms. The van der Waals surface area contributed by atoms with Crippen LogP contribution in [0.2, 0.25) is 5.04 Å². The van der Waals surface area contributed by atoms with Crippen LogP contribution in [0.5, 0.6) is 0 Å². The fourth-order valence-corrected chi connectivity index (χ4v) is 10.9. The molecule has 2 aromatic carbocycles. The summed E-state index contributed by atoms with van der Waals surface area (Å²) < 4.78 is 7.27. The maximum absolute atomic E-state index is 9.56. The van der Waals surface area contributed by atoms with Gasteiger partial charge in [-0.15, -0.1) is 0 Å². The number of aliphatic hydroxyl groups excluding tert-OH is 1. The molecule has 0 heterocycles. The van der Waals surface area contributed by atoms with Crippen LogP contribution in [-0.2, 0) is 4.43 Å². The molecule has 29 heavy (non-hydrogen) atoms. The van der Waals surface area contributed by atoms with E-state index in [1.165, 1.54) is 42.5 Å². The summed E-state index contributed by atoms with van der Waals surface area (Å²) in [6.07, 6.45) is 7.23.